The van der Waals surface area contributed by atoms with E-state index in [1.807, 2.05) is 30.3 Å². The van der Waals surface area contributed by atoms with E-state index in [2.05, 4.69) is 31.4 Å². The number of anilines is 1. The van der Waals surface area contributed by atoms with Gasteiger partial charge in [-0.15, -0.1) is 5.10 Å². The molecular weight excluding hydrogens is 399 g/mol. The third kappa shape index (κ3) is 4.52. The highest BCUT2D eigenvalue weighted by Gasteiger charge is 2.32. The minimum atomic E-state index is -0.382. The van der Waals surface area contributed by atoms with Crippen LogP contribution >= 0.6 is 0 Å². The van der Waals surface area contributed by atoms with Gasteiger partial charge in [0.2, 0.25) is 0 Å². The predicted octanol–water partition coefficient (Wildman–Crippen LogP) is 2.38. The Hall–Kier alpha value is -3.04. The first kappa shape index (κ1) is 21.2. The van der Waals surface area contributed by atoms with E-state index in [9.17, 15) is 4.39 Å². The fraction of sp³-hybridized carbons (Fsp3) is 0.409. The number of ether oxygens (including phenoxy) is 2. The van der Waals surface area contributed by atoms with Gasteiger partial charge in [0, 0.05) is 38.9 Å². The summed E-state index contributed by atoms with van der Waals surface area (Å²) < 4.78 is 27.3. The van der Waals surface area contributed by atoms with Gasteiger partial charge < -0.3 is 14.4 Å². The van der Waals surface area contributed by atoms with Crippen LogP contribution in [0.5, 0.6) is 5.75 Å². The van der Waals surface area contributed by atoms with E-state index in [0.717, 1.165) is 37.6 Å². The van der Waals surface area contributed by atoms with E-state index in [1.54, 1.807) is 25.0 Å². The molecule has 1 atom stereocenters. The second-order valence-corrected chi connectivity index (χ2v) is 7.37. The molecule has 0 bridgehead atoms. The highest BCUT2D eigenvalue weighted by molar-refractivity contribution is 5.58. The van der Waals surface area contributed by atoms with Gasteiger partial charge in [-0.2, -0.15) is 0 Å². The van der Waals surface area contributed by atoms with Crippen molar-refractivity contribution in [3.8, 4) is 5.75 Å². The number of halogens is 1. The fourth-order valence-electron chi connectivity index (χ4n) is 4.05. The van der Waals surface area contributed by atoms with Gasteiger partial charge in [-0.3, -0.25) is 4.90 Å². The molecule has 1 fully saturated rings. The van der Waals surface area contributed by atoms with Gasteiger partial charge in [0.15, 0.2) is 5.82 Å². The van der Waals surface area contributed by atoms with Crippen LogP contribution in [0.1, 0.15) is 17.4 Å². The molecule has 1 saturated heterocycles. The van der Waals surface area contributed by atoms with Crippen molar-refractivity contribution in [1.29, 1.82) is 0 Å². The predicted molar refractivity (Wildman–Crippen MR) is 115 cm³/mol. The Kier molecular flexibility index (Phi) is 6.73. The standard InChI is InChI=1S/C22H27FN6O2/c1-30-16-15-29-22(24-25-26-29)21(17-7-3-4-8-18(17)23)28-13-11-27(12-14-28)19-9-5-6-10-20(19)31-2/h3-10,21H,11-16H2,1-2H3. The lowest BCUT2D eigenvalue weighted by Gasteiger charge is -2.40. The maximum atomic E-state index is 14.9. The van der Waals surface area contributed by atoms with Crippen molar-refractivity contribution < 1.29 is 13.9 Å². The normalized spacial score (nSPS) is 15.8. The Balaban J connectivity index is 1.60. The zero-order valence-electron chi connectivity index (χ0n) is 17.8. The van der Waals surface area contributed by atoms with E-state index in [-0.39, 0.29) is 11.9 Å². The number of piperazine rings is 1. The first-order valence-corrected chi connectivity index (χ1v) is 10.3. The highest BCUT2D eigenvalue weighted by Crippen LogP contribution is 2.33. The number of aromatic nitrogens is 4. The van der Waals surface area contributed by atoms with Crippen molar-refractivity contribution in [2.45, 2.75) is 12.6 Å². The number of para-hydroxylation sites is 2. The maximum absolute atomic E-state index is 14.9. The van der Waals surface area contributed by atoms with Gasteiger partial charge in [-0.25, -0.2) is 9.07 Å². The molecule has 0 saturated carbocycles. The molecule has 2 heterocycles. The second-order valence-electron chi connectivity index (χ2n) is 7.37. The van der Waals surface area contributed by atoms with Crippen molar-refractivity contribution in [2.75, 3.05) is 51.9 Å². The molecule has 164 valence electrons. The molecule has 0 amide bonds. The Morgan fingerprint density at radius 3 is 2.48 bits per heavy atom. The molecule has 8 nitrogen and oxygen atoms in total. The molecule has 1 aliphatic heterocycles. The summed E-state index contributed by atoms with van der Waals surface area (Å²) in [6.45, 7) is 4.01. The van der Waals surface area contributed by atoms with Crippen LogP contribution in [0.3, 0.4) is 0 Å². The summed E-state index contributed by atoms with van der Waals surface area (Å²) in [6, 6.07) is 14.5. The van der Waals surface area contributed by atoms with E-state index in [0.29, 0.717) is 24.5 Å². The summed E-state index contributed by atoms with van der Waals surface area (Å²) >= 11 is 0. The van der Waals surface area contributed by atoms with Gasteiger partial charge in [-0.05, 0) is 28.6 Å². The average molecular weight is 426 g/mol. The van der Waals surface area contributed by atoms with Crippen LogP contribution in [0.15, 0.2) is 48.5 Å². The van der Waals surface area contributed by atoms with Gasteiger partial charge in [0.05, 0.1) is 25.9 Å². The average Bonchev–Trinajstić information content (AvgIpc) is 3.27. The van der Waals surface area contributed by atoms with E-state index >= 15 is 0 Å². The molecule has 1 aliphatic rings. The zero-order valence-corrected chi connectivity index (χ0v) is 17.8. The third-order valence-electron chi connectivity index (χ3n) is 5.62. The van der Waals surface area contributed by atoms with Crippen LogP contribution in [-0.2, 0) is 11.3 Å². The molecule has 2 aromatic carbocycles. The quantitative estimate of drug-likeness (QED) is 0.548. The van der Waals surface area contributed by atoms with Gasteiger partial charge in [-0.1, -0.05) is 30.3 Å². The van der Waals surface area contributed by atoms with E-state index in [1.165, 1.54) is 6.07 Å². The lowest BCUT2D eigenvalue weighted by atomic mass is 10.0. The molecule has 4 rings (SSSR count). The van der Waals surface area contributed by atoms with Crippen molar-refractivity contribution in [1.82, 2.24) is 25.1 Å². The molecule has 0 spiro atoms. The second kappa shape index (κ2) is 9.84. The van der Waals surface area contributed by atoms with Crippen molar-refractivity contribution in [3.63, 3.8) is 0 Å². The smallest absolute Gasteiger partial charge is 0.173 e. The molecule has 0 radical (unpaired) electrons. The molecule has 9 heteroatoms. The molecular formula is C22H27FN6O2. The Labute approximate surface area is 181 Å². The maximum Gasteiger partial charge on any atom is 0.173 e. The topological polar surface area (TPSA) is 68.5 Å². The van der Waals surface area contributed by atoms with Crippen molar-refractivity contribution in [3.05, 3.63) is 65.7 Å². The van der Waals surface area contributed by atoms with Crippen LogP contribution in [0, 0.1) is 5.82 Å². The van der Waals surface area contributed by atoms with Crippen LogP contribution in [0.4, 0.5) is 10.1 Å². The third-order valence-corrected chi connectivity index (χ3v) is 5.62. The Morgan fingerprint density at radius 1 is 1.00 bits per heavy atom. The lowest BCUT2D eigenvalue weighted by molar-refractivity contribution is 0.170. The highest BCUT2D eigenvalue weighted by atomic mass is 19.1. The number of nitrogens with zero attached hydrogens (tertiary/aromatic N) is 6. The summed E-state index contributed by atoms with van der Waals surface area (Å²) in [5, 5.41) is 12.2. The number of hydrogen-bond acceptors (Lipinski definition) is 7. The van der Waals surface area contributed by atoms with E-state index < -0.39 is 0 Å². The minimum absolute atomic E-state index is 0.263. The SMILES string of the molecule is COCCn1nnnc1C(c1ccccc1F)N1CCN(c2ccccc2OC)CC1. The summed E-state index contributed by atoms with van der Waals surface area (Å²) in [4.78, 5) is 4.53. The Morgan fingerprint density at radius 2 is 1.74 bits per heavy atom. The summed E-state index contributed by atoms with van der Waals surface area (Å²) in [5.74, 6) is 1.21. The molecule has 1 aromatic heterocycles. The fourth-order valence-corrected chi connectivity index (χ4v) is 4.05. The Bertz CT molecular complexity index is 989. The van der Waals surface area contributed by atoms with Crippen LogP contribution < -0.4 is 9.64 Å². The molecule has 3 aromatic rings. The largest absolute Gasteiger partial charge is 0.495 e. The van der Waals surface area contributed by atoms with Gasteiger partial charge in [0.25, 0.3) is 0 Å². The van der Waals surface area contributed by atoms with Crippen LogP contribution in [0.25, 0.3) is 0 Å². The minimum Gasteiger partial charge on any atom is -0.495 e. The summed E-state index contributed by atoms with van der Waals surface area (Å²) in [5.41, 5.74) is 1.64. The van der Waals surface area contributed by atoms with Gasteiger partial charge >= 0.3 is 0 Å². The van der Waals surface area contributed by atoms with Crippen LogP contribution in [-0.4, -0.2) is 72.1 Å². The molecule has 0 N–H and O–H groups in total. The first-order valence-electron chi connectivity index (χ1n) is 10.3. The summed E-state index contributed by atoms with van der Waals surface area (Å²) in [7, 11) is 3.32. The number of tetrazole rings is 1. The van der Waals surface area contributed by atoms with Crippen molar-refractivity contribution >= 4 is 5.69 Å². The zero-order chi connectivity index (χ0) is 21.6. The summed E-state index contributed by atoms with van der Waals surface area (Å²) in [6.07, 6.45) is 0. The van der Waals surface area contributed by atoms with E-state index in [4.69, 9.17) is 9.47 Å². The molecule has 0 aliphatic carbocycles. The van der Waals surface area contributed by atoms with Gasteiger partial charge in [0.1, 0.15) is 17.6 Å². The number of hydrogen-bond donors (Lipinski definition) is 0. The lowest BCUT2D eigenvalue weighted by Crippen LogP contribution is -2.48. The number of methoxy groups -OCH3 is 2. The monoisotopic (exact) mass is 426 g/mol. The molecule has 1 unspecified atom stereocenters. The number of rotatable bonds is 8. The van der Waals surface area contributed by atoms with Crippen LogP contribution in [0.2, 0.25) is 0 Å². The molecule has 31 heavy (non-hydrogen) atoms. The first-order chi connectivity index (χ1) is 15.2. The van der Waals surface area contributed by atoms with Crippen molar-refractivity contribution in [2.24, 2.45) is 0 Å². The number of benzene rings is 2.